The number of rotatable bonds is 7. The van der Waals surface area contributed by atoms with Crippen LogP contribution in [0.25, 0.3) is 0 Å². The summed E-state index contributed by atoms with van der Waals surface area (Å²) >= 11 is 0. The van der Waals surface area contributed by atoms with Gasteiger partial charge in [-0.25, -0.2) is 9.59 Å². The van der Waals surface area contributed by atoms with Crippen LogP contribution in [0, 0.1) is 19.8 Å². The van der Waals surface area contributed by atoms with Gasteiger partial charge in [-0.15, -0.1) is 0 Å². The van der Waals surface area contributed by atoms with Gasteiger partial charge in [-0.2, -0.15) is 0 Å². The number of carbonyl (C=O) groups excluding carboxylic acids is 2. The lowest BCUT2D eigenvalue weighted by atomic mass is 9.80. The Hall–Kier alpha value is -2.04. The molecule has 0 heterocycles. The Morgan fingerprint density at radius 2 is 1.71 bits per heavy atom. The van der Waals surface area contributed by atoms with Crippen molar-refractivity contribution in [3.05, 3.63) is 34.9 Å². The molecule has 5 heteroatoms. The lowest BCUT2D eigenvalue weighted by Crippen LogP contribution is -2.43. The topological polar surface area (TPSA) is 64.6 Å². The predicted molar refractivity (Wildman–Crippen MR) is 112 cm³/mol. The summed E-state index contributed by atoms with van der Waals surface area (Å²) in [6.07, 6.45) is 0.0372. The van der Waals surface area contributed by atoms with Crippen LogP contribution in [0.5, 0.6) is 0 Å². The zero-order valence-corrected chi connectivity index (χ0v) is 18.9. The standard InChI is InChI=1S/C23H37NO4/c1-10-15(3)20(19-12-11-14(2)13-16(19)4)18(6)27-21(25)17(5)24-22(26)28-23(7,8)9/h11-13,15,17-18,20H,10H2,1-9H3,(H,24,26)/t15?,17-,18-,20-/m0/s1. The maximum absolute atomic E-state index is 12.5. The van der Waals surface area contributed by atoms with Gasteiger partial charge in [0.05, 0.1) is 0 Å². The van der Waals surface area contributed by atoms with Crippen LogP contribution in [-0.2, 0) is 14.3 Å². The molecule has 0 spiro atoms. The van der Waals surface area contributed by atoms with Gasteiger partial charge in [0.25, 0.3) is 0 Å². The van der Waals surface area contributed by atoms with Gasteiger partial charge < -0.3 is 14.8 Å². The molecule has 0 radical (unpaired) electrons. The maximum Gasteiger partial charge on any atom is 0.408 e. The number of esters is 1. The second kappa shape index (κ2) is 9.94. The monoisotopic (exact) mass is 391 g/mol. The summed E-state index contributed by atoms with van der Waals surface area (Å²) in [6.45, 7) is 17.3. The van der Waals surface area contributed by atoms with Gasteiger partial charge in [0.2, 0.25) is 0 Å². The third-order valence-electron chi connectivity index (χ3n) is 4.94. The second-order valence-corrected chi connectivity index (χ2v) is 8.78. The third-order valence-corrected chi connectivity index (χ3v) is 4.94. The highest BCUT2D eigenvalue weighted by atomic mass is 16.6. The fraction of sp³-hybridized carbons (Fsp3) is 0.652. The van der Waals surface area contributed by atoms with Crippen molar-refractivity contribution in [3.63, 3.8) is 0 Å². The van der Waals surface area contributed by atoms with Gasteiger partial charge in [0.15, 0.2) is 0 Å². The van der Waals surface area contributed by atoms with E-state index in [9.17, 15) is 9.59 Å². The summed E-state index contributed by atoms with van der Waals surface area (Å²) in [4.78, 5) is 24.5. The smallest absolute Gasteiger partial charge is 0.408 e. The largest absolute Gasteiger partial charge is 0.460 e. The average molecular weight is 392 g/mol. The van der Waals surface area contributed by atoms with E-state index in [1.54, 1.807) is 27.7 Å². The van der Waals surface area contributed by atoms with E-state index in [0.717, 1.165) is 6.42 Å². The molecule has 0 aliphatic carbocycles. The SMILES string of the molecule is CCC(C)[C@H](c1ccc(C)cc1C)[C@H](C)OC(=O)[C@H](C)NC(=O)OC(C)(C)C. The molecule has 1 rings (SSSR count). The highest BCUT2D eigenvalue weighted by Crippen LogP contribution is 2.34. The summed E-state index contributed by atoms with van der Waals surface area (Å²) < 4.78 is 11.0. The van der Waals surface area contributed by atoms with Crippen molar-refractivity contribution in [2.24, 2.45) is 5.92 Å². The molecule has 1 aromatic rings. The van der Waals surface area contributed by atoms with E-state index < -0.39 is 23.7 Å². The van der Waals surface area contributed by atoms with Crippen molar-refractivity contribution in [1.82, 2.24) is 5.32 Å². The van der Waals surface area contributed by atoms with Gasteiger partial charge >= 0.3 is 12.1 Å². The Kier molecular flexibility index (Phi) is 8.52. The molecule has 158 valence electrons. The first-order chi connectivity index (χ1) is 12.9. The minimum atomic E-state index is -0.783. The van der Waals surface area contributed by atoms with Gasteiger partial charge in [-0.05, 0) is 65.5 Å². The Labute approximate surface area is 170 Å². The van der Waals surface area contributed by atoms with Crippen LogP contribution in [0.4, 0.5) is 4.79 Å². The van der Waals surface area contributed by atoms with Crippen molar-refractivity contribution in [2.45, 2.75) is 92.4 Å². The van der Waals surface area contributed by atoms with E-state index in [2.05, 4.69) is 51.2 Å². The number of aryl methyl sites for hydroxylation is 2. The summed E-state index contributed by atoms with van der Waals surface area (Å²) in [7, 11) is 0. The van der Waals surface area contributed by atoms with Crippen molar-refractivity contribution in [2.75, 3.05) is 0 Å². The number of hydrogen-bond donors (Lipinski definition) is 1. The Morgan fingerprint density at radius 1 is 1.11 bits per heavy atom. The first-order valence-corrected chi connectivity index (χ1v) is 10.1. The summed E-state index contributed by atoms with van der Waals surface area (Å²) in [6, 6.07) is 5.60. The summed E-state index contributed by atoms with van der Waals surface area (Å²) in [5.74, 6) is -0.0296. The minimum absolute atomic E-state index is 0.0864. The Bertz CT molecular complexity index is 678. The zero-order valence-electron chi connectivity index (χ0n) is 18.9. The van der Waals surface area contributed by atoms with Crippen LogP contribution in [-0.4, -0.2) is 29.8 Å². The van der Waals surface area contributed by atoms with Crippen LogP contribution in [0.2, 0.25) is 0 Å². The van der Waals surface area contributed by atoms with Gasteiger partial charge in [0, 0.05) is 5.92 Å². The van der Waals surface area contributed by atoms with Gasteiger partial charge in [0.1, 0.15) is 17.7 Å². The molecule has 1 N–H and O–H groups in total. The van der Waals surface area contributed by atoms with Crippen LogP contribution < -0.4 is 5.32 Å². The number of carbonyl (C=O) groups is 2. The van der Waals surface area contributed by atoms with Crippen LogP contribution in [0.3, 0.4) is 0 Å². The molecule has 0 saturated heterocycles. The first kappa shape index (κ1) is 24.0. The molecule has 0 saturated carbocycles. The van der Waals surface area contributed by atoms with Gasteiger partial charge in [-0.3, -0.25) is 0 Å². The average Bonchev–Trinajstić information content (AvgIpc) is 2.54. The second-order valence-electron chi connectivity index (χ2n) is 8.78. The highest BCUT2D eigenvalue weighted by molar-refractivity contribution is 5.81. The van der Waals surface area contributed by atoms with Crippen LogP contribution in [0.15, 0.2) is 18.2 Å². The fourth-order valence-corrected chi connectivity index (χ4v) is 3.38. The molecule has 28 heavy (non-hydrogen) atoms. The number of benzene rings is 1. The van der Waals surface area contributed by atoms with Crippen molar-refractivity contribution < 1.29 is 19.1 Å². The van der Waals surface area contributed by atoms with E-state index >= 15 is 0 Å². The molecule has 5 nitrogen and oxygen atoms in total. The van der Waals surface area contributed by atoms with E-state index in [1.807, 2.05) is 6.92 Å². The van der Waals surface area contributed by atoms with E-state index in [1.165, 1.54) is 16.7 Å². The predicted octanol–water partition coefficient (Wildman–Crippen LogP) is 5.28. The molecule has 1 amide bonds. The third kappa shape index (κ3) is 7.17. The number of hydrogen-bond acceptors (Lipinski definition) is 4. The number of alkyl carbamates (subject to hydrolysis) is 1. The fourth-order valence-electron chi connectivity index (χ4n) is 3.38. The number of ether oxygens (including phenoxy) is 2. The van der Waals surface area contributed by atoms with E-state index in [4.69, 9.17) is 9.47 Å². The van der Waals surface area contributed by atoms with Crippen molar-refractivity contribution >= 4 is 12.1 Å². The summed E-state index contributed by atoms with van der Waals surface area (Å²) in [5, 5.41) is 2.55. The van der Waals surface area contributed by atoms with E-state index in [0.29, 0.717) is 5.92 Å². The van der Waals surface area contributed by atoms with Crippen LogP contribution in [0.1, 0.15) is 77.5 Å². The quantitative estimate of drug-likeness (QED) is 0.642. The molecule has 0 aromatic heterocycles. The van der Waals surface area contributed by atoms with Gasteiger partial charge in [-0.1, -0.05) is 44.0 Å². The van der Waals surface area contributed by atoms with Crippen LogP contribution >= 0.6 is 0 Å². The van der Waals surface area contributed by atoms with Crippen molar-refractivity contribution in [3.8, 4) is 0 Å². The van der Waals surface area contributed by atoms with E-state index in [-0.39, 0.29) is 12.0 Å². The highest BCUT2D eigenvalue weighted by Gasteiger charge is 2.30. The lowest BCUT2D eigenvalue weighted by Gasteiger charge is -2.31. The molecule has 1 aromatic carbocycles. The Balaban J connectivity index is 2.88. The number of nitrogens with one attached hydrogen (secondary N) is 1. The normalized spacial score (nSPS) is 15.9. The molecule has 0 fully saturated rings. The molecular formula is C23H37NO4. The molecule has 0 aliphatic rings. The summed E-state index contributed by atoms with van der Waals surface area (Å²) in [5.41, 5.74) is 3.00. The zero-order chi connectivity index (χ0) is 21.6. The number of amides is 1. The minimum Gasteiger partial charge on any atom is -0.460 e. The molecule has 4 atom stereocenters. The lowest BCUT2D eigenvalue weighted by molar-refractivity contribution is -0.152. The molecule has 0 aliphatic heterocycles. The first-order valence-electron chi connectivity index (χ1n) is 10.1. The maximum atomic E-state index is 12.5. The van der Waals surface area contributed by atoms with Crippen molar-refractivity contribution in [1.29, 1.82) is 0 Å². The Morgan fingerprint density at radius 3 is 2.21 bits per heavy atom. The molecule has 0 bridgehead atoms. The molecule has 1 unspecified atom stereocenters. The molecular weight excluding hydrogens is 354 g/mol.